The van der Waals surface area contributed by atoms with Crippen LogP contribution in [0.25, 0.3) is 5.65 Å². The van der Waals surface area contributed by atoms with Crippen molar-refractivity contribution in [2.45, 2.75) is 20.0 Å². The van der Waals surface area contributed by atoms with Crippen LogP contribution >= 0.6 is 11.3 Å². The van der Waals surface area contributed by atoms with E-state index in [1.807, 2.05) is 36.5 Å². The van der Waals surface area contributed by atoms with Crippen molar-refractivity contribution in [3.05, 3.63) is 68.4 Å². The van der Waals surface area contributed by atoms with Gasteiger partial charge in [-0.2, -0.15) is 0 Å². The first-order valence-electron chi connectivity index (χ1n) is 8.87. The number of nitrogens with zero attached hydrogens (tertiary/aromatic N) is 2. The Balaban J connectivity index is 1.42. The first-order valence-corrected chi connectivity index (χ1v) is 9.75. The van der Waals surface area contributed by atoms with Crippen molar-refractivity contribution in [3.8, 4) is 0 Å². The van der Waals surface area contributed by atoms with Crippen molar-refractivity contribution in [2.75, 3.05) is 26.2 Å². The van der Waals surface area contributed by atoms with Gasteiger partial charge >= 0.3 is 0 Å². The van der Waals surface area contributed by atoms with E-state index in [-0.39, 0.29) is 5.56 Å². The van der Waals surface area contributed by atoms with Crippen molar-refractivity contribution in [3.63, 3.8) is 0 Å². The number of fused-ring (bicyclic) bond motifs is 1. The number of hydrogen-bond donors (Lipinski definition) is 2. The van der Waals surface area contributed by atoms with Gasteiger partial charge in [0.25, 0.3) is 5.56 Å². The van der Waals surface area contributed by atoms with Crippen LogP contribution in [0.15, 0.2) is 46.6 Å². The topological polar surface area (TPSA) is 43.2 Å². The molecule has 0 bridgehead atoms. The monoisotopic (exact) mass is 356 g/mol. The largest absolute Gasteiger partial charge is 0.321 e. The Bertz CT molecular complexity index is 911. The van der Waals surface area contributed by atoms with Crippen molar-refractivity contribution >= 4 is 17.0 Å². The third-order valence-electron chi connectivity index (χ3n) is 5.03. The van der Waals surface area contributed by atoms with E-state index >= 15 is 0 Å². The Kier molecular flexibility index (Phi) is 4.65. The molecule has 5 nitrogen and oxygen atoms in total. The van der Waals surface area contributed by atoms with Gasteiger partial charge in [-0.3, -0.25) is 9.20 Å². The van der Waals surface area contributed by atoms with E-state index < -0.39 is 0 Å². The van der Waals surface area contributed by atoms with E-state index in [1.165, 1.54) is 22.9 Å². The van der Waals surface area contributed by atoms with Gasteiger partial charge in [0.05, 0.1) is 4.88 Å². The van der Waals surface area contributed by atoms with Gasteiger partial charge in [-0.15, -0.1) is 11.3 Å². The minimum Gasteiger partial charge on any atom is -0.321 e. The molecule has 0 amide bonds. The van der Waals surface area contributed by atoms with Gasteiger partial charge in [0.1, 0.15) is 50.6 Å². The van der Waals surface area contributed by atoms with Crippen LogP contribution in [0.5, 0.6) is 0 Å². The number of aryl methyl sites for hydroxylation is 1. The summed E-state index contributed by atoms with van der Waals surface area (Å²) in [7, 11) is 0. The first kappa shape index (κ1) is 16.4. The van der Waals surface area contributed by atoms with Crippen LogP contribution in [-0.4, -0.2) is 35.6 Å². The summed E-state index contributed by atoms with van der Waals surface area (Å²) >= 11 is 1.85. The van der Waals surface area contributed by atoms with Gasteiger partial charge in [0.2, 0.25) is 0 Å². The first-order chi connectivity index (χ1) is 12.2. The molecule has 1 saturated heterocycles. The summed E-state index contributed by atoms with van der Waals surface area (Å²) in [6, 6.07) is 11.9. The molecule has 1 aliphatic heterocycles. The molecule has 25 heavy (non-hydrogen) atoms. The number of hydrogen-bond acceptors (Lipinski definition) is 3. The van der Waals surface area contributed by atoms with Crippen LogP contribution in [0.3, 0.4) is 0 Å². The summed E-state index contributed by atoms with van der Waals surface area (Å²) in [5.41, 5.74) is 2.62. The lowest BCUT2D eigenvalue weighted by molar-refractivity contribution is -1.02. The SMILES string of the molecule is Cc1cccc2nc(C[NH+]3CC[NH+](Cc4cccs4)CC3)cc(=O)n12. The predicted molar refractivity (Wildman–Crippen MR) is 99.3 cm³/mol. The molecular weight excluding hydrogens is 332 g/mol. The Morgan fingerprint density at radius 3 is 2.56 bits per heavy atom. The number of rotatable bonds is 4. The maximum absolute atomic E-state index is 12.4. The van der Waals surface area contributed by atoms with Gasteiger partial charge in [-0.25, -0.2) is 4.98 Å². The smallest absolute Gasteiger partial charge is 0.258 e. The lowest BCUT2D eigenvalue weighted by atomic mass is 10.2. The standard InChI is InChI=1S/C19H22N4OS/c1-15-4-2-6-18-20-16(12-19(24)23(15)18)13-21-7-9-22(10-8-21)14-17-5-3-11-25-17/h2-6,11-12H,7-10,13-14H2,1H3/p+2. The molecule has 3 aromatic rings. The molecule has 0 aliphatic carbocycles. The van der Waals surface area contributed by atoms with Crippen molar-refractivity contribution < 1.29 is 9.80 Å². The highest BCUT2D eigenvalue weighted by Crippen LogP contribution is 2.06. The molecule has 2 N–H and O–H groups in total. The molecule has 0 unspecified atom stereocenters. The lowest BCUT2D eigenvalue weighted by Crippen LogP contribution is -3.27. The maximum Gasteiger partial charge on any atom is 0.258 e. The average Bonchev–Trinajstić information content (AvgIpc) is 3.09. The van der Waals surface area contributed by atoms with E-state index in [2.05, 4.69) is 17.5 Å². The molecule has 0 aromatic carbocycles. The molecule has 3 aromatic heterocycles. The second-order valence-corrected chi connectivity index (χ2v) is 7.91. The fourth-order valence-corrected chi connectivity index (χ4v) is 4.46. The Hall–Kier alpha value is -2.02. The highest BCUT2D eigenvalue weighted by molar-refractivity contribution is 7.09. The van der Waals surface area contributed by atoms with Gasteiger partial charge in [-0.1, -0.05) is 12.1 Å². The zero-order valence-electron chi connectivity index (χ0n) is 14.5. The molecule has 1 fully saturated rings. The highest BCUT2D eigenvalue weighted by Gasteiger charge is 2.24. The maximum atomic E-state index is 12.4. The number of thiophene rings is 1. The summed E-state index contributed by atoms with van der Waals surface area (Å²) < 4.78 is 1.68. The third kappa shape index (κ3) is 3.66. The number of quaternary nitrogens is 2. The molecule has 4 heterocycles. The fourth-order valence-electron chi connectivity index (χ4n) is 3.68. The number of pyridine rings is 1. The van der Waals surface area contributed by atoms with Crippen LogP contribution in [0.2, 0.25) is 0 Å². The quantitative estimate of drug-likeness (QED) is 0.665. The summed E-state index contributed by atoms with van der Waals surface area (Å²) in [6.45, 7) is 8.55. The molecule has 0 spiro atoms. The minimum atomic E-state index is 0.0273. The van der Waals surface area contributed by atoms with E-state index in [0.29, 0.717) is 0 Å². The van der Waals surface area contributed by atoms with Crippen LogP contribution in [-0.2, 0) is 13.1 Å². The van der Waals surface area contributed by atoms with Crippen molar-refractivity contribution in [2.24, 2.45) is 0 Å². The fraction of sp³-hybridized carbons (Fsp3) is 0.368. The lowest BCUT2D eigenvalue weighted by Gasteiger charge is -2.29. The molecule has 0 radical (unpaired) electrons. The van der Waals surface area contributed by atoms with Gasteiger partial charge in [0, 0.05) is 11.8 Å². The molecule has 0 atom stereocenters. The van der Waals surface area contributed by atoms with E-state index in [0.717, 1.165) is 43.2 Å². The second-order valence-electron chi connectivity index (χ2n) is 6.88. The van der Waals surface area contributed by atoms with Crippen LogP contribution in [0.1, 0.15) is 16.3 Å². The van der Waals surface area contributed by atoms with Crippen molar-refractivity contribution in [1.29, 1.82) is 0 Å². The van der Waals surface area contributed by atoms with Gasteiger partial charge < -0.3 is 9.80 Å². The Morgan fingerprint density at radius 1 is 1.08 bits per heavy atom. The van der Waals surface area contributed by atoms with E-state index in [9.17, 15) is 4.79 Å². The number of aromatic nitrogens is 2. The van der Waals surface area contributed by atoms with Crippen LogP contribution in [0, 0.1) is 6.92 Å². The van der Waals surface area contributed by atoms with Crippen molar-refractivity contribution in [1.82, 2.24) is 9.38 Å². The summed E-state index contributed by atoms with van der Waals surface area (Å²) in [4.78, 5) is 21.8. The summed E-state index contributed by atoms with van der Waals surface area (Å²) in [5, 5.41) is 2.15. The van der Waals surface area contributed by atoms with Crippen LogP contribution in [0.4, 0.5) is 0 Å². The summed E-state index contributed by atoms with van der Waals surface area (Å²) in [6.07, 6.45) is 0. The molecule has 4 rings (SSSR count). The molecule has 6 heteroatoms. The molecule has 130 valence electrons. The average molecular weight is 356 g/mol. The number of piperazine rings is 1. The minimum absolute atomic E-state index is 0.0273. The Labute approximate surface area is 151 Å². The zero-order valence-corrected chi connectivity index (χ0v) is 15.3. The number of nitrogens with one attached hydrogen (secondary N) is 2. The predicted octanol–water partition coefficient (Wildman–Crippen LogP) is -0.452. The molecule has 1 aliphatic rings. The second kappa shape index (κ2) is 7.07. The highest BCUT2D eigenvalue weighted by atomic mass is 32.1. The zero-order chi connectivity index (χ0) is 17.2. The molecular formula is C19H24N4OS+2. The van der Waals surface area contributed by atoms with Gasteiger partial charge in [-0.05, 0) is 30.5 Å². The normalized spacial score (nSPS) is 20.8. The third-order valence-corrected chi connectivity index (χ3v) is 5.91. The van der Waals surface area contributed by atoms with Crippen LogP contribution < -0.4 is 15.4 Å². The Morgan fingerprint density at radius 2 is 1.84 bits per heavy atom. The van der Waals surface area contributed by atoms with Gasteiger partial charge in [0.15, 0.2) is 0 Å². The van der Waals surface area contributed by atoms with E-state index in [4.69, 9.17) is 4.98 Å². The van der Waals surface area contributed by atoms with E-state index in [1.54, 1.807) is 15.4 Å². The molecule has 0 saturated carbocycles. The summed E-state index contributed by atoms with van der Waals surface area (Å²) in [5.74, 6) is 0.